The Morgan fingerprint density at radius 1 is 1.33 bits per heavy atom. The summed E-state index contributed by atoms with van der Waals surface area (Å²) in [7, 11) is 2.76. The van der Waals surface area contributed by atoms with Gasteiger partial charge in [-0.25, -0.2) is 14.6 Å². The van der Waals surface area contributed by atoms with Crippen molar-refractivity contribution in [1.82, 2.24) is 0 Å². The molecule has 3 rings (SSSR count). The second kappa shape index (κ2) is 8.25. The molecule has 0 unspecified atom stereocenters. The summed E-state index contributed by atoms with van der Waals surface area (Å²) in [6.07, 6.45) is 3.03. The Hall–Kier alpha value is -2.82. The van der Waals surface area contributed by atoms with E-state index in [4.69, 9.17) is 18.6 Å². The van der Waals surface area contributed by atoms with Crippen LogP contribution >= 0.6 is 22.6 Å². The molecule has 140 valence electrons. The standard InChI is InChI=1S/C18H14INO7/c1-23-14-8-10(6-11(19)16(14)26-9-15(21)24-2)7-12-18(22)27-17(20-12)13-4-3-5-25-13/h3-8H,9H2,1-2H3/b12-7-. The zero-order valence-corrected chi connectivity index (χ0v) is 16.5. The molecule has 1 aliphatic rings. The van der Waals surface area contributed by atoms with E-state index in [1.807, 2.05) is 22.6 Å². The van der Waals surface area contributed by atoms with Crippen LogP contribution in [0.2, 0.25) is 0 Å². The van der Waals surface area contributed by atoms with Crippen molar-refractivity contribution in [2.45, 2.75) is 0 Å². The zero-order chi connectivity index (χ0) is 19.4. The summed E-state index contributed by atoms with van der Waals surface area (Å²) < 4.78 is 26.3. The van der Waals surface area contributed by atoms with Crippen LogP contribution in [0.1, 0.15) is 11.3 Å². The van der Waals surface area contributed by atoms with E-state index in [1.165, 1.54) is 20.5 Å². The van der Waals surface area contributed by atoms with E-state index < -0.39 is 11.9 Å². The molecular formula is C18H14INO7. The van der Waals surface area contributed by atoms with Crippen LogP contribution in [-0.4, -0.2) is 38.7 Å². The lowest BCUT2D eigenvalue weighted by Gasteiger charge is -2.12. The van der Waals surface area contributed by atoms with Crippen LogP contribution < -0.4 is 9.47 Å². The zero-order valence-electron chi connectivity index (χ0n) is 14.4. The summed E-state index contributed by atoms with van der Waals surface area (Å²) in [4.78, 5) is 27.5. The van der Waals surface area contributed by atoms with Gasteiger partial charge >= 0.3 is 11.9 Å². The SMILES string of the molecule is COC(=O)COc1c(I)cc(/C=C2\N=C(c3ccco3)OC2=O)cc1OC. The minimum Gasteiger partial charge on any atom is -0.493 e. The van der Waals surface area contributed by atoms with E-state index in [9.17, 15) is 9.59 Å². The van der Waals surface area contributed by atoms with Crippen molar-refractivity contribution in [3.05, 3.63) is 51.1 Å². The molecule has 2 aromatic rings. The topological polar surface area (TPSA) is 96.6 Å². The number of nitrogens with zero attached hydrogens (tertiary/aromatic N) is 1. The van der Waals surface area contributed by atoms with Gasteiger partial charge in [0.2, 0.25) is 0 Å². The predicted molar refractivity (Wildman–Crippen MR) is 103 cm³/mol. The minimum atomic E-state index is -0.582. The molecule has 0 saturated heterocycles. The van der Waals surface area contributed by atoms with Gasteiger partial charge in [0.1, 0.15) is 0 Å². The Balaban J connectivity index is 1.89. The predicted octanol–water partition coefficient (Wildman–Crippen LogP) is 2.79. The Labute approximate surface area is 167 Å². The number of carbonyl (C=O) groups is 2. The fourth-order valence-corrected chi connectivity index (χ4v) is 3.01. The number of methoxy groups -OCH3 is 2. The molecule has 0 amide bonds. The van der Waals surface area contributed by atoms with E-state index in [0.717, 1.165) is 0 Å². The average molecular weight is 483 g/mol. The Bertz CT molecular complexity index is 931. The molecule has 0 saturated carbocycles. The van der Waals surface area contributed by atoms with Gasteiger partial charge in [0.15, 0.2) is 29.6 Å². The number of cyclic esters (lactones) is 1. The van der Waals surface area contributed by atoms with Crippen molar-refractivity contribution < 1.29 is 33.0 Å². The highest BCUT2D eigenvalue weighted by Crippen LogP contribution is 2.35. The molecule has 0 N–H and O–H groups in total. The third-order valence-electron chi connectivity index (χ3n) is 3.47. The molecule has 1 aromatic carbocycles. The maximum atomic E-state index is 12.0. The van der Waals surface area contributed by atoms with Gasteiger partial charge in [-0.3, -0.25) is 0 Å². The fraction of sp³-hybridized carbons (Fsp3) is 0.167. The van der Waals surface area contributed by atoms with E-state index in [2.05, 4.69) is 9.73 Å². The second-order valence-electron chi connectivity index (χ2n) is 5.21. The third-order valence-corrected chi connectivity index (χ3v) is 4.27. The van der Waals surface area contributed by atoms with Crippen LogP contribution in [0, 0.1) is 3.57 Å². The molecule has 0 spiro atoms. The smallest absolute Gasteiger partial charge is 0.363 e. The van der Waals surface area contributed by atoms with Crippen molar-refractivity contribution in [1.29, 1.82) is 0 Å². The molecule has 0 bridgehead atoms. The number of furan rings is 1. The summed E-state index contributed by atoms with van der Waals surface area (Å²) in [5.41, 5.74) is 0.778. The minimum absolute atomic E-state index is 0.107. The van der Waals surface area contributed by atoms with E-state index >= 15 is 0 Å². The molecule has 0 fully saturated rings. The normalized spacial score (nSPS) is 14.7. The van der Waals surface area contributed by atoms with Crippen LogP contribution in [0.5, 0.6) is 11.5 Å². The first-order chi connectivity index (χ1) is 13.0. The van der Waals surface area contributed by atoms with Gasteiger partial charge in [-0.2, -0.15) is 0 Å². The molecule has 0 aliphatic carbocycles. The lowest BCUT2D eigenvalue weighted by atomic mass is 10.1. The average Bonchev–Trinajstić information content (AvgIpc) is 3.30. The van der Waals surface area contributed by atoms with E-state index in [-0.39, 0.29) is 18.2 Å². The largest absolute Gasteiger partial charge is 0.493 e. The number of hydrogen-bond donors (Lipinski definition) is 0. The van der Waals surface area contributed by atoms with Gasteiger partial charge in [0.25, 0.3) is 5.90 Å². The number of hydrogen-bond acceptors (Lipinski definition) is 8. The fourth-order valence-electron chi connectivity index (χ4n) is 2.23. The quantitative estimate of drug-likeness (QED) is 0.354. The summed E-state index contributed by atoms with van der Waals surface area (Å²) in [5, 5.41) is 0. The first kappa shape index (κ1) is 19.0. The summed E-state index contributed by atoms with van der Waals surface area (Å²) in [6, 6.07) is 6.74. The summed E-state index contributed by atoms with van der Waals surface area (Å²) >= 11 is 2.04. The molecular weight excluding hydrogens is 469 g/mol. The summed E-state index contributed by atoms with van der Waals surface area (Å²) in [5.74, 6) is 0.189. The number of aliphatic imine (C=N–C) groups is 1. The van der Waals surface area contributed by atoms with Gasteiger partial charge in [-0.1, -0.05) is 0 Å². The van der Waals surface area contributed by atoms with Crippen molar-refractivity contribution in [3.8, 4) is 11.5 Å². The van der Waals surface area contributed by atoms with Gasteiger partial charge in [0.05, 0.1) is 24.1 Å². The second-order valence-corrected chi connectivity index (χ2v) is 6.37. The van der Waals surface area contributed by atoms with Crippen molar-refractivity contribution >= 4 is 46.5 Å². The number of ether oxygens (including phenoxy) is 4. The Morgan fingerprint density at radius 3 is 2.81 bits per heavy atom. The van der Waals surface area contributed by atoms with E-state index in [1.54, 1.807) is 30.3 Å². The highest BCUT2D eigenvalue weighted by Gasteiger charge is 2.26. The van der Waals surface area contributed by atoms with Crippen LogP contribution in [-0.2, 0) is 19.1 Å². The number of rotatable bonds is 6. The lowest BCUT2D eigenvalue weighted by molar-refractivity contribution is -0.143. The molecule has 27 heavy (non-hydrogen) atoms. The van der Waals surface area contributed by atoms with E-state index in [0.29, 0.717) is 26.4 Å². The Kier molecular flexibility index (Phi) is 5.79. The summed E-state index contributed by atoms with van der Waals surface area (Å²) in [6.45, 7) is -0.244. The highest BCUT2D eigenvalue weighted by atomic mass is 127. The van der Waals surface area contributed by atoms with Gasteiger partial charge < -0.3 is 23.4 Å². The van der Waals surface area contributed by atoms with Gasteiger partial charge in [-0.05, 0) is 58.5 Å². The molecule has 1 aliphatic heterocycles. The van der Waals surface area contributed by atoms with Crippen LogP contribution in [0.15, 0.2) is 45.6 Å². The van der Waals surface area contributed by atoms with Crippen molar-refractivity contribution in [2.24, 2.45) is 4.99 Å². The molecule has 0 atom stereocenters. The number of carbonyl (C=O) groups excluding carboxylic acids is 2. The molecule has 0 radical (unpaired) electrons. The van der Waals surface area contributed by atoms with Crippen LogP contribution in [0.3, 0.4) is 0 Å². The monoisotopic (exact) mass is 483 g/mol. The van der Waals surface area contributed by atoms with Crippen molar-refractivity contribution in [2.75, 3.05) is 20.8 Å². The molecule has 2 heterocycles. The lowest BCUT2D eigenvalue weighted by Crippen LogP contribution is -2.13. The number of halogens is 1. The third kappa shape index (κ3) is 4.30. The van der Waals surface area contributed by atoms with Gasteiger partial charge in [-0.15, -0.1) is 0 Å². The molecule has 8 nitrogen and oxygen atoms in total. The van der Waals surface area contributed by atoms with Crippen molar-refractivity contribution in [3.63, 3.8) is 0 Å². The highest BCUT2D eigenvalue weighted by molar-refractivity contribution is 14.1. The number of benzene rings is 1. The van der Waals surface area contributed by atoms with Crippen LogP contribution in [0.25, 0.3) is 6.08 Å². The Morgan fingerprint density at radius 2 is 2.15 bits per heavy atom. The van der Waals surface area contributed by atoms with Gasteiger partial charge in [0, 0.05) is 0 Å². The number of esters is 2. The first-order valence-corrected chi connectivity index (χ1v) is 8.73. The van der Waals surface area contributed by atoms with Crippen LogP contribution in [0.4, 0.5) is 0 Å². The molecule has 9 heteroatoms. The molecule has 1 aromatic heterocycles. The maximum Gasteiger partial charge on any atom is 0.363 e. The maximum absolute atomic E-state index is 12.0. The first-order valence-electron chi connectivity index (χ1n) is 7.65.